The molecule has 2 N–H and O–H groups in total. The second-order valence-corrected chi connectivity index (χ2v) is 3.77. The molecule has 17 heavy (non-hydrogen) atoms. The highest BCUT2D eigenvalue weighted by molar-refractivity contribution is 5.29. The molecular formula is C13H20FNO2. The van der Waals surface area contributed by atoms with Crippen molar-refractivity contribution in [2.75, 3.05) is 26.3 Å². The second-order valence-electron chi connectivity index (χ2n) is 3.77. The molecule has 0 bridgehead atoms. The fraction of sp³-hybridized carbons (Fsp3) is 0.538. The van der Waals surface area contributed by atoms with Crippen molar-refractivity contribution in [3.8, 4) is 5.75 Å². The summed E-state index contributed by atoms with van der Waals surface area (Å²) in [6, 6.07) is 5.06. The van der Waals surface area contributed by atoms with Gasteiger partial charge in [0.2, 0.25) is 0 Å². The van der Waals surface area contributed by atoms with Crippen LogP contribution in [-0.4, -0.2) is 31.4 Å². The Labute approximate surface area is 102 Å². The molecule has 0 unspecified atom stereocenters. The third-order valence-electron chi connectivity index (χ3n) is 2.40. The zero-order chi connectivity index (χ0) is 12.5. The number of ether oxygens (including phenoxy) is 1. The molecular weight excluding hydrogens is 221 g/mol. The Morgan fingerprint density at radius 3 is 2.82 bits per heavy atom. The maximum Gasteiger partial charge on any atom is 0.165 e. The van der Waals surface area contributed by atoms with Gasteiger partial charge in [0.05, 0.1) is 6.61 Å². The predicted molar refractivity (Wildman–Crippen MR) is 65.8 cm³/mol. The summed E-state index contributed by atoms with van der Waals surface area (Å²) in [6.07, 6.45) is 1.52. The molecule has 0 aromatic heterocycles. The Morgan fingerprint density at radius 2 is 2.18 bits per heavy atom. The van der Waals surface area contributed by atoms with Crippen molar-refractivity contribution in [1.29, 1.82) is 0 Å². The average molecular weight is 241 g/mol. The number of aliphatic hydroxyl groups is 1. The van der Waals surface area contributed by atoms with Crippen LogP contribution in [0.25, 0.3) is 0 Å². The van der Waals surface area contributed by atoms with Crippen LogP contribution in [0.5, 0.6) is 5.75 Å². The summed E-state index contributed by atoms with van der Waals surface area (Å²) in [4.78, 5) is 0. The van der Waals surface area contributed by atoms with Gasteiger partial charge < -0.3 is 15.2 Å². The minimum Gasteiger partial charge on any atom is -0.491 e. The zero-order valence-corrected chi connectivity index (χ0v) is 10.2. The van der Waals surface area contributed by atoms with Gasteiger partial charge in [-0.25, -0.2) is 4.39 Å². The van der Waals surface area contributed by atoms with Crippen LogP contribution in [0.1, 0.15) is 18.9 Å². The van der Waals surface area contributed by atoms with Crippen LogP contribution in [0.4, 0.5) is 4.39 Å². The fourth-order valence-corrected chi connectivity index (χ4v) is 1.53. The molecule has 0 atom stereocenters. The summed E-state index contributed by atoms with van der Waals surface area (Å²) in [7, 11) is 0. The highest BCUT2D eigenvalue weighted by Crippen LogP contribution is 2.18. The summed E-state index contributed by atoms with van der Waals surface area (Å²) in [5.41, 5.74) is 0.947. The van der Waals surface area contributed by atoms with E-state index < -0.39 is 0 Å². The quantitative estimate of drug-likeness (QED) is 0.681. The van der Waals surface area contributed by atoms with Crippen LogP contribution >= 0.6 is 0 Å². The van der Waals surface area contributed by atoms with E-state index in [4.69, 9.17) is 9.84 Å². The van der Waals surface area contributed by atoms with E-state index in [1.165, 1.54) is 6.07 Å². The maximum absolute atomic E-state index is 13.5. The zero-order valence-electron chi connectivity index (χ0n) is 10.2. The van der Waals surface area contributed by atoms with Gasteiger partial charge in [0.25, 0.3) is 0 Å². The first kappa shape index (κ1) is 13.9. The first-order valence-corrected chi connectivity index (χ1v) is 6.00. The molecule has 3 nitrogen and oxygen atoms in total. The minimum atomic E-state index is -0.306. The summed E-state index contributed by atoms with van der Waals surface area (Å²) >= 11 is 0. The first-order valence-electron chi connectivity index (χ1n) is 6.00. The lowest BCUT2D eigenvalue weighted by atomic mass is 10.1. The topological polar surface area (TPSA) is 41.5 Å². The third kappa shape index (κ3) is 5.15. The number of rotatable bonds is 8. The molecule has 1 aromatic carbocycles. The largest absolute Gasteiger partial charge is 0.491 e. The molecule has 1 aromatic rings. The van der Waals surface area contributed by atoms with E-state index in [9.17, 15) is 4.39 Å². The van der Waals surface area contributed by atoms with Gasteiger partial charge in [-0.3, -0.25) is 0 Å². The van der Waals surface area contributed by atoms with Crippen molar-refractivity contribution in [2.45, 2.75) is 19.8 Å². The lowest BCUT2D eigenvalue weighted by Gasteiger charge is -2.07. The lowest BCUT2D eigenvalue weighted by molar-refractivity contribution is 0.286. The maximum atomic E-state index is 13.5. The molecule has 0 spiro atoms. The summed E-state index contributed by atoms with van der Waals surface area (Å²) < 4.78 is 18.6. The molecule has 0 aliphatic rings. The number of halogens is 1. The molecule has 0 saturated carbocycles. The molecule has 0 saturated heterocycles. The smallest absolute Gasteiger partial charge is 0.165 e. The van der Waals surface area contributed by atoms with E-state index in [2.05, 4.69) is 5.32 Å². The average Bonchev–Trinajstić information content (AvgIpc) is 2.32. The Hall–Kier alpha value is -1.13. The molecule has 4 heteroatoms. The van der Waals surface area contributed by atoms with Crippen LogP contribution in [0.2, 0.25) is 0 Å². The summed E-state index contributed by atoms with van der Waals surface area (Å²) in [6.45, 7) is 4.07. The molecule has 0 heterocycles. The van der Waals surface area contributed by atoms with E-state index in [0.717, 1.165) is 31.5 Å². The normalized spacial score (nSPS) is 10.5. The third-order valence-corrected chi connectivity index (χ3v) is 2.40. The Balaban J connectivity index is 2.36. The van der Waals surface area contributed by atoms with Crippen molar-refractivity contribution >= 4 is 0 Å². The van der Waals surface area contributed by atoms with Gasteiger partial charge in [-0.1, -0.05) is 6.07 Å². The van der Waals surface area contributed by atoms with Gasteiger partial charge in [0, 0.05) is 6.61 Å². The van der Waals surface area contributed by atoms with Gasteiger partial charge in [0.15, 0.2) is 11.6 Å². The van der Waals surface area contributed by atoms with Crippen molar-refractivity contribution in [3.05, 3.63) is 29.6 Å². The SMILES string of the molecule is CCOc1ccc(CCNCCCO)cc1F. The van der Waals surface area contributed by atoms with E-state index >= 15 is 0 Å². The van der Waals surface area contributed by atoms with Crippen molar-refractivity contribution < 1.29 is 14.2 Å². The van der Waals surface area contributed by atoms with E-state index in [-0.39, 0.29) is 12.4 Å². The number of nitrogens with one attached hydrogen (secondary N) is 1. The van der Waals surface area contributed by atoms with Crippen LogP contribution in [0.15, 0.2) is 18.2 Å². The van der Waals surface area contributed by atoms with Crippen LogP contribution in [0, 0.1) is 5.82 Å². The molecule has 0 radical (unpaired) electrons. The molecule has 96 valence electrons. The number of aliphatic hydroxyl groups excluding tert-OH is 1. The van der Waals surface area contributed by atoms with Crippen molar-refractivity contribution in [2.24, 2.45) is 0 Å². The second kappa shape index (κ2) is 8.03. The Kier molecular flexibility index (Phi) is 6.58. The first-order chi connectivity index (χ1) is 8.27. The molecule has 0 amide bonds. The van der Waals surface area contributed by atoms with Crippen LogP contribution in [-0.2, 0) is 6.42 Å². The van der Waals surface area contributed by atoms with Gasteiger partial charge in [-0.05, 0) is 50.6 Å². The van der Waals surface area contributed by atoms with E-state index in [1.807, 2.05) is 13.0 Å². The van der Waals surface area contributed by atoms with Gasteiger partial charge in [-0.2, -0.15) is 0 Å². The Bertz CT molecular complexity index is 331. The Morgan fingerprint density at radius 1 is 1.35 bits per heavy atom. The highest BCUT2D eigenvalue weighted by Gasteiger charge is 2.03. The monoisotopic (exact) mass is 241 g/mol. The van der Waals surface area contributed by atoms with Crippen molar-refractivity contribution in [1.82, 2.24) is 5.32 Å². The minimum absolute atomic E-state index is 0.199. The lowest BCUT2D eigenvalue weighted by Crippen LogP contribution is -2.19. The van der Waals surface area contributed by atoms with Gasteiger partial charge in [0.1, 0.15) is 0 Å². The number of benzene rings is 1. The molecule has 0 aliphatic heterocycles. The number of hydrogen-bond acceptors (Lipinski definition) is 3. The van der Waals surface area contributed by atoms with Crippen molar-refractivity contribution in [3.63, 3.8) is 0 Å². The van der Waals surface area contributed by atoms with Gasteiger partial charge in [-0.15, -0.1) is 0 Å². The fourth-order valence-electron chi connectivity index (χ4n) is 1.53. The number of hydrogen-bond donors (Lipinski definition) is 2. The molecule has 1 rings (SSSR count). The highest BCUT2D eigenvalue weighted by atomic mass is 19.1. The predicted octanol–water partition coefficient (Wildman–Crippen LogP) is 1.74. The van der Waals surface area contributed by atoms with Gasteiger partial charge >= 0.3 is 0 Å². The van der Waals surface area contributed by atoms with Crippen LogP contribution < -0.4 is 10.1 Å². The van der Waals surface area contributed by atoms with Crippen LogP contribution in [0.3, 0.4) is 0 Å². The standard InChI is InChI=1S/C13H20FNO2/c1-2-17-13-5-4-11(10-12(13)14)6-8-15-7-3-9-16/h4-5,10,15-16H,2-3,6-9H2,1H3. The molecule has 0 fully saturated rings. The van der Waals surface area contributed by atoms with E-state index in [0.29, 0.717) is 12.4 Å². The summed E-state index contributed by atoms with van der Waals surface area (Å²) in [5, 5.41) is 11.8. The molecule has 0 aliphatic carbocycles. The summed E-state index contributed by atoms with van der Waals surface area (Å²) in [5.74, 6) is 0.00389. The van der Waals surface area contributed by atoms with E-state index in [1.54, 1.807) is 6.07 Å².